The Kier molecular flexibility index (Phi) is 6.41. The molecule has 0 radical (unpaired) electrons. The largest absolute Gasteiger partial charge is 0.330 e. The van der Waals surface area contributed by atoms with Crippen LogP contribution in [-0.4, -0.2) is 21.4 Å². The zero-order valence-electron chi connectivity index (χ0n) is 14.9. The third-order valence-corrected chi connectivity index (χ3v) is 5.82. The summed E-state index contributed by atoms with van der Waals surface area (Å²) >= 11 is 2.65. The highest BCUT2D eigenvalue weighted by Gasteiger charge is 2.18. The van der Waals surface area contributed by atoms with Crippen LogP contribution in [0.1, 0.15) is 19.4 Å². The standard InChI is InChI=1S/C19H19FN4OS2/c1-3-13-8-10-14(11-9-13)21-18-23-24-19(27-18)26-12(2)17(25)22-16-7-5-4-6-15(16)20/h4-12H,3H2,1-2H3,(H,21,23)(H,22,25)/t12-/m0/s1. The maximum atomic E-state index is 13.6. The van der Waals surface area contributed by atoms with E-state index in [2.05, 4.69) is 39.9 Å². The van der Waals surface area contributed by atoms with Gasteiger partial charge in [-0.2, -0.15) is 0 Å². The molecule has 0 aliphatic rings. The summed E-state index contributed by atoms with van der Waals surface area (Å²) in [5.41, 5.74) is 2.37. The van der Waals surface area contributed by atoms with E-state index >= 15 is 0 Å². The van der Waals surface area contributed by atoms with E-state index < -0.39 is 11.1 Å². The quantitative estimate of drug-likeness (QED) is 0.538. The zero-order chi connectivity index (χ0) is 19.2. The lowest BCUT2D eigenvalue weighted by molar-refractivity contribution is -0.115. The number of para-hydroxylation sites is 1. The third-order valence-electron chi connectivity index (χ3n) is 3.80. The second-order valence-electron chi connectivity index (χ2n) is 5.78. The van der Waals surface area contributed by atoms with Crippen LogP contribution in [0.15, 0.2) is 52.9 Å². The van der Waals surface area contributed by atoms with Gasteiger partial charge >= 0.3 is 0 Å². The van der Waals surface area contributed by atoms with Gasteiger partial charge in [0.05, 0.1) is 10.9 Å². The number of anilines is 3. The van der Waals surface area contributed by atoms with Gasteiger partial charge < -0.3 is 10.6 Å². The molecule has 1 heterocycles. The van der Waals surface area contributed by atoms with E-state index in [1.807, 2.05) is 12.1 Å². The maximum absolute atomic E-state index is 13.6. The molecule has 2 aromatic carbocycles. The Hall–Kier alpha value is -2.45. The van der Waals surface area contributed by atoms with Crippen LogP contribution in [-0.2, 0) is 11.2 Å². The van der Waals surface area contributed by atoms with Crippen molar-refractivity contribution in [2.45, 2.75) is 29.9 Å². The van der Waals surface area contributed by atoms with E-state index in [1.165, 1.54) is 40.8 Å². The van der Waals surface area contributed by atoms with Gasteiger partial charge in [-0.25, -0.2) is 4.39 Å². The highest BCUT2D eigenvalue weighted by atomic mass is 32.2. The van der Waals surface area contributed by atoms with Crippen molar-refractivity contribution >= 4 is 45.5 Å². The van der Waals surface area contributed by atoms with Gasteiger partial charge in [-0.15, -0.1) is 10.2 Å². The summed E-state index contributed by atoms with van der Waals surface area (Å²) in [4.78, 5) is 12.3. The van der Waals surface area contributed by atoms with Crippen molar-refractivity contribution in [3.05, 3.63) is 59.9 Å². The monoisotopic (exact) mass is 402 g/mol. The Morgan fingerprint density at radius 2 is 1.93 bits per heavy atom. The van der Waals surface area contributed by atoms with Crippen LogP contribution >= 0.6 is 23.1 Å². The van der Waals surface area contributed by atoms with Crippen molar-refractivity contribution in [3.8, 4) is 0 Å². The number of thioether (sulfide) groups is 1. The van der Waals surface area contributed by atoms with Crippen molar-refractivity contribution in [2.24, 2.45) is 0 Å². The number of hydrogen-bond donors (Lipinski definition) is 2. The molecule has 0 bridgehead atoms. The van der Waals surface area contributed by atoms with E-state index in [1.54, 1.807) is 19.1 Å². The average molecular weight is 403 g/mol. The minimum absolute atomic E-state index is 0.171. The van der Waals surface area contributed by atoms with Crippen molar-refractivity contribution < 1.29 is 9.18 Å². The lowest BCUT2D eigenvalue weighted by atomic mass is 10.1. The predicted octanol–water partition coefficient (Wildman–Crippen LogP) is 5.10. The van der Waals surface area contributed by atoms with Crippen molar-refractivity contribution in [1.82, 2.24) is 10.2 Å². The summed E-state index contributed by atoms with van der Waals surface area (Å²) < 4.78 is 14.3. The average Bonchev–Trinajstić information content (AvgIpc) is 3.11. The number of amides is 1. The molecular weight excluding hydrogens is 383 g/mol. The molecule has 0 unspecified atom stereocenters. The fraction of sp³-hybridized carbons (Fsp3) is 0.211. The molecule has 1 atom stereocenters. The molecule has 0 aliphatic heterocycles. The van der Waals surface area contributed by atoms with E-state index in [9.17, 15) is 9.18 Å². The fourth-order valence-corrected chi connectivity index (χ4v) is 4.17. The summed E-state index contributed by atoms with van der Waals surface area (Å²) in [6.45, 7) is 3.86. The molecule has 0 fully saturated rings. The molecule has 3 aromatic rings. The molecule has 2 N–H and O–H groups in total. The molecule has 3 rings (SSSR count). The Morgan fingerprint density at radius 1 is 1.19 bits per heavy atom. The fourth-order valence-electron chi connectivity index (χ4n) is 2.26. The van der Waals surface area contributed by atoms with Gasteiger partial charge in [0, 0.05) is 5.69 Å². The molecule has 8 heteroatoms. The summed E-state index contributed by atoms with van der Waals surface area (Å²) in [5, 5.41) is 14.2. The predicted molar refractivity (Wildman–Crippen MR) is 109 cm³/mol. The minimum atomic E-state index is -0.459. The first-order valence-corrected chi connectivity index (χ1v) is 10.2. The summed E-state index contributed by atoms with van der Waals surface area (Å²) in [7, 11) is 0. The van der Waals surface area contributed by atoms with Crippen LogP contribution in [0.2, 0.25) is 0 Å². The first-order valence-electron chi connectivity index (χ1n) is 8.46. The highest BCUT2D eigenvalue weighted by Crippen LogP contribution is 2.31. The topological polar surface area (TPSA) is 66.9 Å². The van der Waals surface area contributed by atoms with E-state index in [4.69, 9.17) is 0 Å². The molecule has 0 saturated carbocycles. The molecule has 1 amide bonds. The van der Waals surface area contributed by atoms with Gasteiger partial charge in [0.15, 0.2) is 4.34 Å². The van der Waals surface area contributed by atoms with Gasteiger partial charge in [-0.3, -0.25) is 4.79 Å². The maximum Gasteiger partial charge on any atom is 0.237 e. The number of hydrogen-bond acceptors (Lipinski definition) is 6. The van der Waals surface area contributed by atoms with Gasteiger partial charge in [0.2, 0.25) is 11.0 Å². The lowest BCUT2D eigenvalue weighted by Crippen LogP contribution is -2.22. The molecule has 5 nitrogen and oxygen atoms in total. The SMILES string of the molecule is CCc1ccc(Nc2nnc(S[C@@H](C)C(=O)Nc3ccccc3F)s2)cc1. The normalized spacial score (nSPS) is 11.8. The first-order chi connectivity index (χ1) is 13.0. The molecule has 140 valence electrons. The molecular formula is C19H19FN4OS2. The smallest absolute Gasteiger partial charge is 0.237 e. The van der Waals surface area contributed by atoms with E-state index in [0.29, 0.717) is 9.47 Å². The van der Waals surface area contributed by atoms with Crippen molar-refractivity contribution in [1.29, 1.82) is 0 Å². The summed E-state index contributed by atoms with van der Waals surface area (Å²) in [5.74, 6) is -0.746. The van der Waals surface area contributed by atoms with Gasteiger partial charge in [-0.1, -0.05) is 54.3 Å². The minimum Gasteiger partial charge on any atom is -0.330 e. The molecule has 0 spiro atoms. The number of carbonyl (C=O) groups excluding carboxylic acids is 1. The number of carbonyl (C=O) groups is 1. The molecule has 27 heavy (non-hydrogen) atoms. The third kappa shape index (κ3) is 5.27. The number of halogens is 1. The van der Waals surface area contributed by atoms with Crippen LogP contribution in [0, 0.1) is 5.82 Å². The van der Waals surface area contributed by atoms with Crippen LogP contribution in [0.25, 0.3) is 0 Å². The van der Waals surface area contributed by atoms with Crippen LogP contribution in [0.3, 0.4) is 0 Å². The van der Waals surface area contributed by atoms with E-state index in [0.717, 1.165) is 12.1 Å². The van der Waals surface area contributed by atoms with Crippen LogP contribution < -0.4 is 10.6 Å². The molecule has 1 aromatic heterocycles. The molecule has 0 aliphatic carbocycles. The Balaban J connectivity index is 1.57. The van der Waals surface area contributed by atoms with Gasteiger partial charge in [0.25, 0.3) is 0 Å². The van der Waals surface area contributed by atoms with E-state index in [-0.39, 0.29) is 11.6 Å². The first kappa shape index (κ1) is 19.3. The highest BCUT2D eigenvalue weighted by molar-refractivity contribution is 8.02. The Morgan fingerprint density at radius 3 is 2.63 bits per heavy atom. The van der Waals surface area contributed by atoms with Gasteiger partial charge in [-0.05, 0) is 43.2 Å². The number of nitrogens with zero attached hydrogens (tertiary/aromatic N) is 2. The summed E-state index contributed by atoms with van der Waals surface area (Å²) in [6.07, 6.45) is 0.993. The van der Waals surface area contributed by atoms with Gasteiger partial charge in [0.1, 0.15) is 5.82 Å². The number of rotatable bonds is 7. The lowest BCUT2D eigenvalue weighted by Gasteiger charge is -2.10. The van der Waals surface area contributed by atoms with Crippen LogP contribution in [0.4, 0.5) is 20.9 Å². The second kappa shape index (κ2) is 8.96. The Bertz CT molecular complexity index is 914. The van der Waals surface area contributed by atoms with Crippen molar-refractivity contribution in [2.75, 3.05) is 10.6 Å². The Labute approximate surface area is 165 Å². The van der Waals surface area contributed by atoms with Crippen molar-refractivity contribution in [3.63, 3.8) is 0 Å². The van der Waals surface area contributed by atoms with Crippen LogP contribution in [0.5, 0.6) is 0 Å². The number of aromatic nitrogens is 2. The second-order valence-corrected chi connectivity index (χ2v) is 8.34. The summed E-state index contributed by atoms with van der Waals surface area (Å²) in [6, 6.07) is 14.2. The number of aryl methyl sites for hydroxylation is 1. The number of benzene rings is 2. The zero-order valence-corrected chi connectivity index (χ0v) is 16.5. The molecule has 0 saturated heterocycles. The number of nitrogens with one attached hydrogen (secondary N) is 2.